The van der Waals surface area contributed by atoms with Gasteiger partial charge in [0.15, 0.2) is 0 Å². The van der Waals surface area contributed by atoms with E-state index in [0.717, 1.165) is 9.79 Å². The van der Waals surface area contributed by atoms with E-state index in [1.807, 2.05) is 36.4 Å². The number of pyridine rings is 1. The van der Waals surface area contributed by atoms with E-state index < -0.39 is 5.82 Å². The molecule has 0 amide bonds. The molecule has 0 N–H and O–H groups in total. The van der Waals surface area contributed by atoms with Gasteiger partial charge in [-0.3, -0.25) is 4.98 Å². The van der Waals surface area contributed by atoms with Gasteiger partial charge in [0, 0.05) is 22.2 Å². The molecule has 2 heterocycles. The van der Waals surface area contributed by atoms with Gasteiger partial charge in [0.05, 0.1) is 5.39 Å². The first-order valence-electron chi connectivity index (χ1n) is 7.54. The molecule has 4 nitrogen and oxygen atoms in total. The number of aromatic nitrogens is 3. The van der Waals surface area contributed by atoms with Gasteiger partial charge in [-0.1, -0.05) is 17.8 Å². The second kappa shape index (κ2) is 6.86. The highest BCUT2D eigenvalue weighted by Crippen LogP contribution is 2.31. The standard InChI is InChI=1S/C19H12FN3OS/c20-17-3-1-2-16-18(17)22-12-23-19(16)24-13-4-6-14(7-5-13)25-15-8-10-21-11-9-15/h1-12H. The minimum atomic E-state index is -0.395. The summed E-state index contributed by atoms with van der Waals surface area (Å²) in [6.07, 6.45) is 4.83. The Bertz CT molecular complexity index is 1010. The third-order valence-electron chi connectivity index (χ3n) is 3.50. The smallest absolute Gasteiger partial charge is 0.230 e. The van der Waals surface area contributed by atoms with Crippen LogP contribution in [0.15, 0.2) is 83.1 Å². The molecule has 0 aliphatic rings. The molecule has 0 aliphatic carbocycles. The zero-order valence-electron chi connectivity index (χ0n) is 13.0. The number of rotatable bonds is 4. The lowest BCUT2D eigenvalue weighted by molar-refractivity contribution is 0.467. The fourth-order valence-corrected chi connectivity index (χ4v) is 3.14. The van der Waals surface area contributed by atoms with Crippen molar-refractivity contribution in [3.8, 4) is 11.6 Å². The lowest BCUT2D eigenvalue weighted by Crippen LogP contribution is -1.93. The summed E-state index contributed by atoms with van der Waals surface area (Å²) in [4.78, 5) is 14.3. The van der Waals surface area contributed by atoms with Gasteiger partial charge in [-0.2, -0.15) is 0 Å². The highest BCUT2D eigenvalue weighted by atomic mass is 32.2. The quantitative estimate of drug-likeness (QED) is 0.512. The van der Waals surface area contributed by atoms with Gasteiger partial charge < -0.3 is 4.74 Å². The first kappa shape index (κ1) is 15.5. The maximum atomic E-state index is 13.8. The summed E-state index contributed by atoms with van der Waals surface area (Å²) in [6, 6.07) is 16.3. The third-order valence-corrected chi connectivity index (χ3v) is 4.52. The zero-order chi connectivity index (χ0) is 17.1. The fourth-order valence-electron chi connectivity index (χ4n) is 2.34. The molecule has 0 atom stereocenters. The van der Waals surface area contributed by atoms with E-state index >= 15 is 0 Å². The van der Waals surface area contributed by atoms with Crippen molar-refractivity contribution in [2.24, 2.45) is 0 Å². The maximum Gasteiger partial charge on any atom is 0.230 e. The second-order valence-corrected chi connectivity index (χ2v) is 6.32. The number of hydrogen-bond acceptors (Lipinski definition) is 5. The van der Waals surface area contributed by atoms with Crippen molar-refractivity contribution in [3.63, 3.8) is 0 Å². The average Bonchev–Trinajstić information content (AvgIpc) is 2.65. The molecule has 2 aromatic carbocycles. The molecule has 0 aliphatic heterocycles. The van der Waals surface area contributed by atoms with Crippen LogP contribution < -0.4 is 4.74 Å². The van der Waals surface area contributed by atoms with Crippen LogP contribution in [0.5, 0.6) is 11.6 Å². The van der Waals surface area contributed by atoms with E-state index in [0.29, 0.717) is 17.0 Å². The van der Waals surface area contributed by atoms with Crippen molar-refractivity contribution >= 4 is 22.7 Å². The molecule has 25 heavy (non-hydrogen) atoms. The lowest BCUT2D eigenvalue weighted by Gasteiger charge is -2.08. The molecule has 0 spiro atoms. The summed E-state index contributed by atoms with van der Waals surface area (Å²) in [7, 11) is 0. The van der Waals surface area contributed by atoms with E-state index in [1.165, 1.54) is 12.4 Å². The van der Waals surface area contributed by atoms with Crippen LogP contribution >= 0.6 is 11.8 Å². The third kappa shape index (κ3) is 3.44. The fraction of sp³-hybridized carbons (Fsp3) is 0. The van der Waals surface area contributed by atoms with E-state index in [4.69, 9.17) is 4.74 Å². The summed E-state index contributed by atoms with van der Waals surface area (Å²) >= 11 is 1.64. The Morgan fingerprint density at radius 1 is 0.840 bits per heavy atom. The molecule has 0 bridgehead atoms. The van der Waals surface area contributed by atoms with Gasteiger partial charge in [0.2, 0.25) is 5.88 Å². The Kier molecular flexibility index (Phi) is 4.26. The van der Waals surface area contributed by atoms with Gasteiger partial charge in [0.1, 0.15) is 23.4 Å². The number of fused-ring (bicyclic) bond motifs is 1. The molecule has 4 aromatic rings. The van der Waals surface area contributed by atoms with E-state index in [1.54, 1.807) is 36.3 Å². The minimum absolute atomic E-state index is 0.248. The van der Waals surface area contributed by atoms with Crippen molar-refractivity contribution in [3.05, 3.63) is 79.1 Å². The molecule has 4 rings (SSSR count). The van der Waals surface area contributed by atoms with Crippen LogP contribution in [0.3, 0.4) is 0 Å². The average molecular weight is 349 g/mol. The number of ether oxygens (including phenoxy) is 1. The van der Waals surface area contributed by atoms with Crippen LogP contribution in [0.1, 0.15) is 0 Å². The van der Waals surface area contributed by atoms with Gasteiger partial charge in [-0.15, -0.1) is 0 Å². The Balaban J connectivity index is 1.57. The Morgan fingerprint density at radius 2 is 1.60 bits per heavy atom. The Morgan fingerprint density at radius 3 is 2.40 bits per heavy atom. The molecule has 0 unspecified atom stereocenters. The van der Waals surface area contributed by atoms with E-state index in [-0.39, 0.29) is 5.52 Å². The maximum absolute atomic E-state index is 13.8. The predicted molar refractivity (Wildman–Crippen MR) is 94.4 cm³/mol. The number of benzene rings is 2. The SMILES string of the molecule is Fc1cccc2c(Oc3ccc(Sc4ccncc4)cc3)ncnc12. The number of halogens is 1. The summed E-state index contributed by atoms with van der Waals surface area (Å²) in [5, 5.41) is 0.540. The molecule has 0 radical (unpaired) electrons. The molecule has 122 valence electrons. The molecule has 0 saturated carbocycles. The Hall–Kier alpha value is -2.99. The lowest BCUT2D eigenvalue weighted by atomic mass is 10.2. The molecular formula is C19H12FN3OS. The molecular weight excluding hydrogens is 337 g/mol. The van der Waals surface area contributed by atoms with Crippen LogP contribution in [0, 0.1) is 5.82 Å². The zero-order valence-corrected chi connectivity index (χ0v) is 13.8. The van der Waals surface area contributed by atoms with E-state index in [9.17, 15) is 4.39 Å². The van der Waals surface area contributed by atoms with Crippen molar-refractivity contribution in [2.75, 3.05) is 0 Å². The highest BCUT2D eigenvalue weighted by molar-refractivity contribution is 7.99. The van der Waals surface area contributed by atoms with Crippen LogP contribution in [0.25, 0.3) is 10.9 Å². The number of para-hydroxylation sites is 1. The molecule has 0 saturated heterocycles. The predicted octanol–water partition coefficient (Wildman–Crippen LogP) is 5.11. The minimum Gasteiger partial charge on any atom is -0.438 e. The van der Waals surface area contributed by atoms with Gasteiger partial charge >= 0.3 is 0 Å². The summed E-state index contributed by atoms with van der Waals surface area (Å²) in [5.74, 6) is 0.566. The Labute approximate surface area is 147 Å². The highest BCUT2D eigenvalue weighted by Gasteiger charge is 2.09. The molecule has 0 fully saturated rings. The number of nitrogens with zero attached hydrogens (tertiary/aromatic N) is 3. The molecule has 6 heteroatoms. The van der Waals surface area contributed by atoms with Crippen molar-refractivity contribution in [1.29, 1.82) is 0 Å². The largest absolute Gasteiger partial charge is 0.438 e. The summed E-state index contributed by atoms with van der Waals surface area (Å²) in [5.41, 5.74) is 0.248. The summed E-state index contributed by atoms with van der Waals surface area (Å²) in [6.45, 7) is 0. The van der Waals surface area contributed by atoms with Gasteiger partial charge in [-0.05, 0) is 48.5 Å². The monoisotopic (exact) mass is 349 g/mol. The van der Waals surface area contributed by atoms with Crippen LogP contribution in [-0.2, 0) is 0 Å². The van der Waals surface area contributed by atoms with Gasteiger partial charge in [-0.25, -0.2) is 14.4 Å². The summed E-state index contributed by atoms with van der Waals surface area (Å²) < 4.78 is 19.6. The van der Waals surface area contributed by atoms with Crippen LogP contribution in [-0.4, -0.2) is 15.0 Å². The topological polar surface area (TPSA) is 47.9 Å². The number of hydrogen-bond donors (Lipinski definition) is 0. The van der Waals surface area contributed by atoms with Crippen molar-refractivity contribution in [1.82, 2.24) is 15.0 Å². The van der Waals surface area contributed by atoms with Crippen molar-refractivity contribution < 1.29 is 9.13 Å². The van der Waals surface area contributed by atoms with E-state index in [2.05, 4.69) is 15.0 Å². The van der Waals surface area contributed by atoms with Gasteiger partial charge in [0.25, 0.3) is 0 Å². The normalized spacial score (nSPS) is 10.8. The van der Waals surface area contributed by atoms with Crippen molar-refractivity contribution in [2.45, 2.75) is 9.79 Å². The first-order valence-corrected chi connectivity index (χ1v) is 8.36. The second-order valence-electron chi connectivity index (χ2n) is 5.17. The first-order chi connectivity index (χ1) is 12.3. The molecule has 2 aromatic heterocycles. The van der Waals surface area contributed by atoms with Crippen LogP contribution in [0.4, 0.5) is 4.39 Å². The van der Waals surface area contributed by atoms with Crippen LogP contribution in [0.2, 0.25) is 0 Å².